The van der Waals surface area contributed by atoms with Gasteiger partial charge < -0.3 is 0 Å². The van der Waals surface area contributed by atoms with Crippen LogP contribution in [0.5, 0.6) is 0 Å². The van der Waals surface area contributed by atoms with Crippen LogP contribution in [0.4, 0.5) is 5.82 Å². The van der Waals surface area contributed by atoms with E-state index in [1.165, 1.54) is 6.07 Å². The summed E-state index contributed by atoms with van der Waals surface area (Å²) in [6, 6.07) is 3.36. The zero-order valence-corrected chi connectivity index (χ0v) is 12.4. The minimum Gasteiger partial charge on any atom is -0.279 e. The number of thiophene rings is 1. The summed E-state index contributed by atoms with van der Waals surface area (Å²) in [4.78, 5) is 0. The van der Waals surface area contributed by atoms with E-state index in [9.17, 15) is 8.42 Å². The van der Waals surface area contributed by atoms with Crippen molar-refractivity contribution in [1.82, 2.24) is 10.2 Å². The summed E-state index contributed by atoms with van der Waals surface area (Å²) in [7, 11) is -3.78. The molecule has 0 saturated heterocycles. The van der Waals surface area contributed by atoms with Gasteiger partial charge in [0.05, 0.1) is 10.0 Å². The van der Waals surface area contributed by atoms with Crippen molar-refractivity contribution in [3.8, 4) is 6.07 Å². The number of H-pyrrole nitrogens is 1. The lowest BCUT2D eigenvalue weighted by molar-refractivity contribution is 0.603. The number of sulfonamides is 1. The van der Waals surface area contributed by atoms with Gasteiger partial charge >= 0.3 is 0 Å². The maximum atomic E-state index is 12.1. The van der Waals surface area contributed by atoms with Gasteiger partial charge in [0.25, 0.3) is 10.0 Å². The normalized spacial score (nSPS) is 11.3. The molecule has 2 heterocycles. The van der Waals surface area contributed by atoms with Crippen LogP contribution in [0.15, 0.2) is 10.3 Å². The van der Waals surface area contributed by atoms with Crippen LogP contribution < -0.4 is 4.72 Å². The summed E-state index contributed by atoms with van der Waals surface area (Å²) in [6.45, 7) is 3.35. The van der Waals surface area contributed by atoms with E-state index in [1.807, 2.05) is 6.07 Å². The Hall–Kier alpha value is -1.56. The number of aryl methyl sites for hydroxylation is 2. The smallest absolute Gasteiger partial charge is 0.272 e. The van der Waals surface area contributed by atoms with Crippen LogP contribution in [0.1, 0.15) is 16.8 Å². The van der Waals surface area contributed by atoms with Gasteiger partial charge in [-0.05, 0) is 25.5 Å². The van der Waals surface area contributed by atoms with Gasteiger partial charge in [0.15, 0.2) is 5.82 Å². The molecule has 2 N–H and O–H groups in total. The topological polar surface area (TPSA) is 98.6 Å². The van der Waals surface area contributed by atoms with E-state index in [0.29, 0.717) is 15.6 Å². The molecule has 6 nitrogen and oxygen atoms in total. The van der Waals surface area contributed by atoms with Crippen molar-refractivity contribution in [2.45, 2.75) is 18.1 Å². The van der Waals surface area contributed by atoms with E-state index in [2.05, 4.69) is 14.9 Å². The van der Waals surface area contributed by atoms with Crippen LogP contribution in [0.25, 0.3) is 0 Å². The van der Waals surface area contributed by atoms with E-state index < -0.39 is 10.0 Å². The van der Waals surface area contributed by atoms with Gasteiger partial charge in [-0.15, -0.1) is 11.3 Å². The van der Waals surface area contributed by atoms with E-state index in [1.54, 1.807) is 13.8 Å². The van der Waals surface area contributed by atoms with Crippen molar-refractivity contribution >= 4 is 38.8 Å². The van der Waals surface area contributed by atoms with Crippen molar-refractivity contribution < 1.29 is 8.42 Å². The number of anilines is 1. The molecule has 19 heavy (non-hydrogen) atoms. The SMILES string of the molecule is Cc1cc(S(=O)(=O)Nc2n[nH]c(C)c2C#N)sc1Cl. The number of hydrogen-bond donors (Lipinski definition) is 2. The molecule has 0 saturated carbocycles. The molecule has 100 valence electrons. The molecule has 0 amide bonds. The number of rotatable bonds is 3. The number of halogens is 1. The monoisotopic (exact) mass is 316 g/mol. The van der Waals surface area contributed by atoms with Crippen LogP contribution in [-0.4, -0.2) is 18.6 Å². The Labute approximate surface area is 119 Å². The molecule has 0 aliphatic carbocycles. The molecule has 0 unspecified atom stereocenters. The van der Waals surface area contributed by atoms with Gasteiger partial charge in [0, 0.05) is 0 Å². The molecule has 0 bridgehead atoms. The largest absolute Gasteiger partial charge is 0.279 e. The summed E-state index contributed by atoms with van der Waals surface area (Å²) in [5, 5.41) is 15.3. The summed E-state index contributed by atoms with van der Waals surface area (Å²) >= 11 is 6.81. The third-order valence-corrected chi connectivity index (χ3v) is 5.76. The fourth-order valence-electron chi connectivity index (χ4n) is 1.38. The standard InChI is InChI=1S/C10H9ClN4O2S2/c1-5-3-8(18-9(5)11)19(16,17)15-10-7(4-12)6(2)13-14-10/h3H,1-2H3,(H2,13,14,15). The van der Waals surface area contributed by atoms with E-state index in [4.69, 9.17) is 16.9 Å². The number of hydrogen-bond acceptors (Lipinski definition) is 5. The van der Waals surface area contributed by atoms with Crippen molar-refractivity contribution in [1.29, 1.82) is 5.26 Å². The van der Waals surface area contributed by atoms with E-state index in [0.717, 1.165) is 11.3 Å². The van der Waals surface area contributed by atoms with Gasteiger partial charge in [-0.25, -0.2) is 8.42 Å². The molecule has 0 atom stereocenters. The van der Waals surface area contributed by atoms with Crippen molar-refractivity contribution in [2.75, 3.05) is 4.72 Å². The molecule has 0 aromatic carbocycles. The van der Waals surface area contributed by atoms with E-state index in [-0.39, 0.29) is 15.6 Å². The van der Waals surface area contributed by atoms with Crippen molar-refractivity contribution in [3.05, 3.63) is 27.2 Å². The maximum absolute atomic E-state index is 12.1. The summed E-state index contributed by atoms with van der Waals surface area (Å²) < 4.78 is 27.0. The molecule has 0 fully saturated rings. The molecule has 0 aliphatic heterocycles. The Morgan fingerprint density at radius 1 is 1.53 bits per heavy atom. The average molecular weight is 317 g/mol. The minimum atomic E-state index is -3.78. The second-order valence-electron chi connectivity index (χ2n) is 3.81. The molecule has 0 aliphatic rings. The first kappa shape index (κ1) is 13.9. The summed E-state index contributed by atoms with van der Waals surface area (Å²) in [6.07, 6.45) is 0. The Bertz CT molecular complexity index is 751. The Kier molecular flexibility index (Phi) is 3.54. The van der Waals surface area contributed by atoms with Gasteiger partial charge in [-0.3, -0.25) is 9.82 Å². The number of aromatic nitrogens is 2. The summed E-state index contributed by atoms with van der Waals surface area (Å²) in [5.41, 5.74) is 1.36. The Morgan fingerprint density at radius 2 is 2.21 bits per heavy atom. The highest BCUT2D eigenvalue weighted by Crippen LogP contribution is 2.31. The second-order valence-corrected chi connectivity index (χ2v) is 7.38. The highest BCUT2D eigenvalue weighted by atomic mass is 35.5. The first-order valence-corrected chi connectivity index (χ1v) is 7.76. The predicted molar refractivity (Wildman–Crippen MR) is 72.9 cm³/mol. The summed E-state index contributed by atoms with van der Waals surface area (Å²) in [5.74, 6) is -0.0119. The van der Waals surface area contributed by atoms with E-state index >= 15 is 0 Å². The van der Waals surface area contributed by atoms with Crippen LogP contribution >= 0.6 is 22.9 Å². The molecular weight excluding hydrogens is 308 g/mol. The maximum Gasteiger partial charge on any atom is 0.272 e. The van der Waals surface area contributed by atoms with Gasteiger partial charge in [-0.1, -0.05) is 11.6 Å². The third-order valence-electron chi connectivity index (χ3n) is 2.39. The Balaban J connectivity index is 2.39. The Morgan fingerprint density at radius 3 is 2.74 bits per heavy atom. The van der Waals surface area contributed by atoms with Crippen LogP contribution in [0.2, 0.25) is 4.34 Å². The molecule has 0 radical (unpaired) electrons. The van der Waals surface area contributed by atoms with Crippen LogP contribution in [0.3, 0.4) is 0 Å². The minimum absolute atomic E-state index is 0.0119. The van der Waals surface area contributed by atoms with Gasteiger partial charge in [0.1, 0.15) is 15.8 Å². The zero-order chi connectivity index (χ0) is 14.2. The lowest BCUT2D eigenvalue weighted by Gasteiger charge is -2.02. The van der Waals surface area contributed by atoms with Crippen LogP contribution in [-0.2, 0) is 10.0 Å². The quantitative estimate of drug-likeness (QED) is 0.908. The molecule has 2 rings (SSSR count). The zero-order valence-electron chi connectivity index (χ0n) is 9.98. The second kappa shape index (κ2) is 4.85. The molecular formula is C10H9ClN4O2S2. The highest BCUT2D eigenvalue weighted by Gasteiger charge is 2.22. The fourth-order valence-corrected chi connectivity index (χ4v) is 4.10. The number of nitrogens with zero attached hydrogens (tertiary/aromatic N) is 2. The molecule has 0 spiro atoms. The average Bonchev–Trinajstić information content (AvgIpc) is 2.84. The predicted octanol–water partition coefficient (Wildman–Crippen LogP) is 2.41. The van der Waals surface area contributed by atoms with Crippen molar-refractivity contribution in [2.24, 2.45) is 0 Å². The highest BCUT2D eigenvalue weighted by molar-refractivity contribution is 7.94. The fraction of sp³-hybridized carbons (Fsp3) is 0.200. The number of aromatic amines is 1. The first-order valence-electron chi connectivity index (χ1n) is 5.09. The molecule has 2 aromatic rings. The molecule has 9 heteroatoms. The number of nitrogens with one attached hydrogen (secondary N) is 2. The molecule has 2 aromatic heterocycles. The van der Waals surface area contributed by atoms with Gasteiger partial charge in [0.2, 0.25) is 0 Å². The lowest BCUT2D eigenvalue weighted by Crippen LogP contribution is -2.12. The number of nitriles is 1. The third kappa shape index (κ3) is 2.58. The van der Waals surface area contributed by atoms with Crippen LogP contribution in [0, 0.1) is 25.2 Å². The van der Waals surface area contributed by atoms with Gasteiger partial charge in [-0.2, -0.15) is 10.4 Å². The van der Waals surface area contributed by atoms with Crippen molar-refractivity contribution in [3.63, 3.8) is 0 Å². The lowest BCUT2D eigenvalue weighted by atomic mass is 10.3. The first-order chi connectivity index (χ1) is 8.85.